The molecule has 0 bridgehead atoms. The molecule has 0 radical (unpaired) electrons. The molecule has 0 amide bonds. The fourth-order valence-corrected chi connectivity index (χ4v) is 3.05. The lowest BCUT2D eigenvalue weighted by Gasteiger charge is -2.17. The van der Waals surface area contributed by atoms with Crippen molar-refractivity contribution in [2.24, 2.45) is 11.8 Å². The molecule has 0 saturated heterocycles. The Hall–Kier alpha value is -3.70. The summed E-state index contributed by atoms with van der Waals surface area (Å²) in [4.78, 5) is 73.9. The molecular formula is C29H44O12. The second-order valence-corrected chi connectivity index (χ2v) is 8.97. The molecule has 0 rings (SSSR count). The van der Waals surface area contributed by atoms with Gasteiger partial charge in [0, 0.05) is 17.6 Å². The molecule has 12 nitrogen and oxygen atoms in total. The summed E-state index contributed by atoms with van der Waals surface area (Å²) in [7, 11) is 0. The van der Waals surface area contributed by atoms with E-state index in [2.05, 4.69) is 13.2 Å². The summed E-state index contributed by atoms with van der Waals surface area (Å²) in [5.74, 6) is -7.30. The highest BCUT2D eigenvalue weighted by Crippen LogP contribution is 2.20. The highest BCUT2D eigenvalue weighted by Gasteiger charge is 2.33. The SMILES string of the molecule is C=C(C(=O)OCCC)C(CC(=O)OCCCOC(=O)CC(C(=C)C(=O)OCCC)C(=O)OCCC)C(=O)OCCC. The summed E-state index contributed by atoms with van der Waals surface area (Å²) in [6.45, 7) is 14.6. The van der Waals surface area contributed by atoms with Gasteiger partial charge < -0.3 is 28.4 Å². The van der Waals surface area contributed by atoms with Crippen LogP contribution in [0.2, 0.25) is 0 Å². The molecule has 41 heavy (non-hydrogen) atoms. The topological polar surface area (TPSA) is 158 Å². The van der Waals surface area contributed by atoms with Gasteiger partial charge in [-0.05, 0) is 25.7 Å². The number of carbonyl (C=O) groups excluding carboxylic acids is 6. The Kier molecular flexibility index (Phi) is 20.1. The minimum Gasteiger partial charge on any atom is -0.466 e. The highest BCUT2D eigenvalue weighted by molar-refractivity contribution is 5.97. The van der Waals surface area contributed by atoms with Crippen LogP contribution in [0.15, 0.2) is 24.3 Å². The Morgan fingerprint density at radius 1 is 0.488 bits per heavy atom. The van der Waals surface area contributed by atoms with Crippen LogP contribution in [0.4, 0.5) is 0 Å². The van der Waals surface area contributed by atoms with Gasteiger partial charge in [0.25, 0.3) is 0 Å². The van der Waals surface area contributed by atoms with Crippen LogP contribution in [-0.2, 0) is 57.2 Å². The standard InChI is InChI=1S/C29H44O12/c1-7-12-38-26(32)20(5)22(28(34)40-14-9-3)18-24(30)36-16-11-17-37-25(31)19-23(29(35)41-15-10-4)21(6)27(33)39-13-8-2/h22-23H,5-19H2,1-4H3. The minimum absolute atomic E-state index is 0.104. The third-order valence-corrected chi connectivity index (χ3v) is 5.26. The van der Waals surface area contributed by atoms with Gasteiger partial charge in [0.05, 0.1) is 64.3 Å². The van der Waals surface area contributed by atoms with Gasteiger partial charge in [-0.3, -0.25) is 19.2 Å². The molecule has 0 N–H and O–H groups in total. The Balaban J connectivity index is 4.89. The van der Waals surface area contributed by atoms with E-state index in [0.29, 0.717) is 25.7 Å². The van der Waals surface area contributed by atoms with E-state index in [1.54, 1.807) is 27.7 Å². The number of rotatable bonds is 22. The second kappa shape index (κ2) is 22.0. The van der Waals surface area contributed by atoms with Gasteiger partial charge in [-0.25, -0.2) is 9.59 Å². The molecule has 0 saturated carbocycles. The number of esters is 6. The first kappa shape index (κ1) is 37.3. The molecule has 0 fully saturated rings. The molecule has 0 heterocycles. The van der Waals surface area contributed by atoms with Crippen molar-refractivity contribution in [2.75, 3.05) is 39.6 Å². The molecule has 0 aliphatic heterocycles. The Labute approximate surface area is 241 Å². The maximum absolute atomic E-state index is 12.4. The smallest absolute Gasteiger partial charge is 0.334 e. The number of carbonyl (C=O) groups is 6. The van der Waals surface area contributed by atoms with Crippen LogP contribution in [0, 0.1) is 11.8 Å². The van der Waals surface area contributed by atoms with Crippen LogP contribution in [0.25, 0.3) is 0 Å². The second-order valence-electron chi connectivity index (χ2n) is 8.97. The van der Waals surface area contributed by atoms with Crippen LogP contribution < -0.4 is 0 Å². The molecule has 0 aromatic carbocycles. The van der Waals surface area contributed by atoms with Crippen molar-refractivity contribution in [3.05, 3.63) is 24.3 Å². The van der Waals surface area contributed by atoms with E-state index in [1.807, 2.05) is 0 Å². The molecule has 0 aromatic rings. The zero-order valence-corrected chi connectivity index (χ0v) is 24.7. The number of hydrogen-bond acceptors (Lipinski definition) is 12. The largest absolute Gasteiger partial charge is 0.466 e. The predicted molar refractivity (Wildman–Crippen MR) is 146 cm³/mol. The van der Waals surface area contributed by atoms with E-state index in [4.69, 9.17) is 28.4 Å². The average Bonchev–Trinajstić information content (AvgIpc) is 2.96. The van der Waals surface area contributed by atoms with E-state index in [9.17, 15) is 28.8 Å². The van der Waals surface area contributed by atoms with Gasteiger partial charge in [0.2, 0.25) is 0 Å². The first-order chi connectivity index (χ1) is 19.5. The summed E-state index contributed by atoms with van der Waals surface area (Å²) in [5.41, 5.74) is -0.421. The predicted octanol–water partition coefficient (Wildman–Crippen LogP) is 3.40. The van der Waals surface area contributed by atoms with Gasteiger partial charge >= 0.3 is 35.8 Å². The van der Waals surface area contributed by atoms with Crippen molar-refractivity contribution in [3.8, 4) is 0 Å². The summed E-state index contributed by atoms with van der Waals surface area (Å²) in [6, 6.07) is 0. The van der Waals surface area contributed by atoms with Gasteiger partial charge in [-0.15, -0.1) is 0 Å². The van der Waals surface area contributed by atoms with Crippen molar-refractivity contribution >= 4 is 35.8 Å². The van der Waals surface area contributed by atoms with E-state index in [-0.39, 0.29) is 57.2 Å². The number of ether oxygens (including phenoxy) is 6. The third kappa shape index (κ3) is 15.6. The molecule has 0 aliphatic rings. The zero-order chi connectivity index (χ0) is 31.2. The highest BCUT2D eigenvalue weighted by atomic mass is 16.6. The molecular weight excluding hydrogens is 540 g/mol. The van der Waals surface area contributed by atoms with Crippen molar-refractivity contribution < 1.29 is 57.2 Å². The van der Waals surface area contributed by atoms with E-state index in [0.717, 1.165) is 0 Å². The van der Waals surface area contributed by atoms with Gasteiger partial charge in [0.15, 0.2) is 0 Å². The lowest BCUT2D eigenvalue weighted by atomic mass is 9.97. The maximum atomic E-state index is 12.4. The first-order valence-corrected chi connectivity index (χ1v) is 13.9. The number of hydrogen-bond donors (Lipinski definition) is 0. The van der Waals surface area contributed by atoms with Gasteiger partial charge in [-0.1, -0.05) is 40.9 Å². The van der Waals surface area contributed by atoms with Crippen LogP contribution in [0.5, 0.6) is 0 Å². The maximum Gasteiger partial charge on any atom is 0.334 e. The van der Waals surface area contributed by atoms with Crippen LogP contribution >= 0.6 is 0 Å². The third-order valence-electron chi connectivity index (χ3n) is 5.26. The van der Waals surface area contributed by atoms with E-state index in [1.165, 1.54) is 0 Å². The molecule has 2 unspecified atom stereocenters. The summed E-state index contributed by atoms with van der Waals surface area (Å²) < 4.78 is 30.4. The van der Waals surface area contributed by atoms with E-state index < -0.39 is 60.5 Å². The lowest BCUT2D eigenvalue weighted by molar-refractivity contribution is -0.157. The summed E-state index contributed by atoms with van der Waals surface area (Å²) >= 11 is 0. The van der Waals surface area contributed by atoms with Gasteiger partial charge in [-0.2, -0.15) is 0 Å². The van der Waals surface area contributed by atoms with Crippen LogP contribution in [0.3, 0.4) is 0 Å². The van der Waals surface area contributed by atoms with Crippen molar-refractivity contribution in [1.29, 1.82) is 0 Å². The molecule has 0 aromatic heterocycles. The average molecular weight is 585 g/mol. The Morgan fingerprint density at radius 3 is 1.12 bits per heavy atom. The monoisotopic (exact) mass is 584 g/mol. The van der Waals surface area contributed by atoms with Crippen LogP contribution in [0.1, 0.15) is 72.6 Å². The quantitative estimate of drug-likeness (QED) is 0.0791. The Bertz CT molecular complexity index is 835. The van der Waals surface area contributed by atoms with Crippen LogP contribution in [-0.4, -0.2) is 75.5 Å². The van der Waals surface area contributed by atoms with Crippen molar-refractivity contribution in [1.82, 2.24) is 0 Å². The fourth-order valence-electron chi connectivity index (χ4n) is 3.05. The van der Waals surface area contributed by atoms with Gasteiger partial charge in [0.1, 0.15) is 0 Å². The normalized spacial score (nSPS) is 11.8. The fraction of sp³-hybridized carbons (Fsp3) is 0.655. The molecule has 232 valence electrons. The van der Waals surface area contributed by atoms with E-state index >= 15 is 0 Å². The molecule has 2 atom stereocenters. The summed E-state index contributed by atoms with van der Waals surface area (Å²) in [5, 5.41) is 0. The lowest BCUT2D eigenvalue weighted by Crippen LogP contribution is -2.28. The molecule has 0 aliphatic carbocycles. The van der Waals surface area contributed by atoms with Crippen molar-refractivity contribution in [3.63, 3.8) is 0 Å². The molecule has 0 spiro atoms. The minimum atomic E-state index is -1.27. The first-order valence-electron chi connectivity index (χ1n) is 13.9. The summed E-state index contributed by atoms with van der Waals surface area (Å²) in [6.07, 6.45) is 1.37. The molecule has 12 heteroatoms. The Morgan fingerprint density at radius 2 is 0.805 bits per heavy atom. The zero-order valence-electron chi connectivity index (χ0n) is 24.7. The van der Waals surface area contributed by atoms with Crippen molar-refractivity contribution in [2.45, 2.75) is 72.6 Å².